The first kappa shape index (κ1) is 17.5. The summed E-state index contributed by atoms with van der Waals surface area (Å²) in [5, 5.41) is -0.494. The van der Waals surface area contributed by atoms with Crippen LogP contribution in [0.5, 0.6) is 0 Å². The number of carbonyl (C=O) groups excluding carboxylic acids is 1. The van der Waals surface area contributed by atoms with E-state index in [0.717, 1.165) is 6.33 Å². The first-order chi connectivity index (χ1) is 10.9. The van der Waals surface area contributed by atoms with E-state index in [1.54, 1.807) is 0 Å². The van der Waals surface area contributed by atoms with Gasteiger partial charge in [0.05, 0.1) is 6.33 Å². The Balaban J connectivity index is 0.000000168. The number of nitrogens with one attached hydrogen (secondary N) is 1. The van der Waals surface area contributed by atoms with Crippen LogP contribution in [-0.2, 0) is 0 Å². The Labute approximate surface area is 147 Å². The minimum absolute atomic E-state index is 0.0370. The normalized spacial score (nSPS) is 10.1. The number of hydrogen-bond donors (Lipinski definition) is 1. The summed E-state index contributed by atoms with van der Waals surface area (Å²) in [4.78, 5) is 42.4. The molecule has 1 N–H and O–H groups in total. The highest BCUT2D eigenvalue weighted by Gasteiger charge is 2.13. The topological polar surface area (TPSA) is 114 Å². The lowest BCUT2D eigenvalue weighted by molar-refractivity contribution is 0.108. The van der Waals surface area contributed by atoms with E-state index in [-0.39, 0.29) is 32.0 Å². The summed E-state index contributed by atoms with van der Waals surface area (Å²) in [5.74, 6) is 0. The standard InChI is InChI=1S/C6H3ClN4O.C5HCl3N2O/c7-4-3-5(9-1-8-4)10-2-11-6(3)12;6-3-2(5(8)11)4(7)10-1-9-3/h1-2H,(H,8,9,10,11,12);1H. The average Bonchev–Trinajstić information content (AvgIpc) is 2.47. The monoisotopic (exact) mass is 392 g/mol. The quantitative estimate of drug-likeness (QED) is 0.498. The minimum Gasteiger partial charge on any atom is -0.312 e. The van der Waals surface area contributed by atoms with Crippen molar-refractivity contribution < 1.29 is 4.79 Å². The van der Waals surface area contributed by atoms with E-state index < -0.39 is 5.24 Å². The number of hydrogen-bond acceptors (Lipinski definition) is 7. The predicted molar refractivity (Wildman–Crippen MR) is 85.2 cm³/mol. The molecule has 118 valence electrons. The molecule has 0 bridgehead atoms. The molecular weight excluding hydrogens is 390 g/mol. The van der Waals surface area contributed by atoms with Crippen LogP contribution < -0.4 is 5.56 Å². The maximum Gasteiger partial charge on any atom is 0.263 e. The van der Waals surface area contributed by atoms with Crippen LogP contribution in [0.1, 0.15) is 10.4 Å². The van der Waals surface area contributed by atoms with Crippen molar-refractivity contribution in [3.05, 3.63) is 50.4 Å². The molecule has 3 aromatic rings. The number of aromatic nitrogens is 6. The Bertz CT molecular complexity index is 906. The summed E-state index contributed by atoms with van der Waals surface area (Å²) in [7, 11) is 0. The van der Waals surface area contributed by atoms with Gasteiger partial charge in [0.1, 0.15) is 39.1 Å². The first-order valence-corrected chi connectivity index (χ1v) is 7.12. The number of H-pyrrole nitrogens is 1. The molecule has 0 aliphatic carbocycles. The van der Waals surface area contributed by atoms with Gasteiger partial charge < -0.3 is 4.98 Å². The van der Waals surface area contributed by atoms with Gasteiger partial charge in [-0.05, 0) is 11.6 Å². The molecule has 3 rings (SSSR count). The summed E-state index contributed by atoms with van der Waals surface area (Å²) in [5.41, 5.74) is -0.0816. The zero-order valence-electron chi connectivity index (χ0n) is 10.8. The van der Waals surface area contributed by atoms with Crippen molar-refractivity contribution in [2.75, 3.05) is 0 Å². The highest BCUT2D eigenvalue weighted by atomic mass is 35.5. The fourth-order valence-corrected chi connectivity index (χ4v) is 2.36. The van der Waals surface area contributed by atoms with Crippen LogP contribution in [-0.4, -0.2) is 35.1 Å². The van der Waals surface area contributed by atoms with Gasteiger partial charge in [0.2, 0.25) is 0 Å². The highest BCUT2D eigenvalue weighted by molar-refractivity contribution is 6.69. The van der Waals surface area contributed by atoms with Crippen LogP contribution in [0.2, 0.25) is 15.5 Å². The molecule has 3 heterocycles. The van der Waals surface area contributed by atoms with Crippen LogP contribution in [0, 0.1) is 0 Å². The van der Waals surface area contributed by atoms with E-state index >= 15 is 0 Å². The number of carbonyl (C=O) groups is 1. The molecule has 8 nitrogen and oxygen atoms in total. The molecule has 0 aromatic carbocycles. The molecule has 0 radical (unpaired) electrons. The van der Waals surface area contributed by atoms with Gasteiger partial charge in [0, 0.05) is 0 Å². The second-order valence-corrected chi connectivity index (χ2v) is 5.12. The van der Waals surface area contributed by atoms with Gasteiger partial charge in [-0.1, -0.05) is 34.8 Å². The largest absolute Gasteiger partial charge is 0.312 e. The summed E-state index contributed by atoms with van der Waals surface area (Å²) >= 11 is 21.7. The number of nitrogens with zero attached hydrogens (tertiary/aromatic N) is 5. The second-order valence-electron chi connectivity index (χ2n) is 3.70. The maximum atomic E-state index is 11.1. The first-order valence-electron chi connectivity index (χ1n) is 5.61. The van der Waals surface area contributed by atoms with Gasteiger partial charge in [-0.2, -0.15) is 0 Å². The Morgan fingerprint density at radius 3 is 2.00 bits per heavy atom. The van der Waals surface area contributed by atoms with E-state index in [0.29, 0.717) is 5.65 Å². The third kappa shape index (κ3) is 4.11. The molecule has 0 saturated carbocycles. The van der Waals surface area contributed by atoms with Crippen molar-refractivity contribution >= 4 is 62.7 Å². The molecule has 3 aromatic heterocycles. The van der Waals surface area contributed by atoms with Crippen molar-refractivity contribution in [2.24, 2.45) is 0 Å². The Morgan fingerprint density at radius 1 is 0.913 bits per heavy atom. The lowest BCUT2D eigenvalue weighted by Crippen LogP contribution is -2.08. The van der Waals surface area contributed by atoms with Crippen molar-refractivity contribution in [2.45, 2.75) is 0 Å². The van der Waals surface area contributed by atoms with Crippen LogP contribution >= 0.6 is 46.4 Å². The summed E-state index contributed by atoms with van der Waals surface area (Å²) in [6.07, 6.45) is 3.68. The smallest absolute Gasteiger partial charge is 0.263 e. The minimum atomic E-state index is -0.763. The number of rotatable bonds is 1. The van der Waals surface area contributed by atoms with Crippen LogP contribution in [0.15, 0.2) is 23.8 Å². The summed E-state index contributed by atoms with van der Waals surface area (Å²) in [6, 6.07) is 0. The van der Waals surface area contributed by atoms with Crippen molar-refractivity contribution in [1.29, 1.82) is 0 Å². The molecule has 23 heavy (non-hydrogen) atoms. The number of fused-ring (bicyclic) bond motifs is 1. The van der Waals surface area contributed by atoms with Crippen molar-refractivity contribution in [3.8, 4) is 0 Å². The van der Waals surface area contributed by atoms with E-state index in [1.165, 1.54) is 12.7 Å². The fraction of sp³-hybridized carbons (Fsp3) is 0. The Kier molecular flexibility index (Phi) is 5.78. The van der Waals surface area contributed by atoms with E-state index in [4.69, 9.17) is 46.4 Å². The van der Waals surface area contributed by atoms with Crippen molar-refractivity contribution in [3.63, 3.8) is 0 Å². The number of aromatic amines is 1. The molecule has 0 spiro atoms. The summed E-state index contributed by atoms with van der Waals surface area (Å²) < 4.78 is 0. The average molecular weight is 394 g/mol. The fourth-order valence-electron chi connectivity index (χ4n) is 1.38. The van der Waals surface area contributed by atoms with E-state index in [2.05, 4.69) is 29.9 Å². The Hall–Kier alpha value is -1.87. The SMILES string of the molecule is O=C(Cl)c1c(Cl)ncnc1Cl.O=c1[nH]cnc2ncnc(Cl)c12. The zero-order chi connectivity index (χ0) is 17.0. The molecule has 0 atom stereocenters. The Morgan fingerprint density at radius 2 is 1.48 bits per heavy atom. The van der Waals surface area contributed by atoms with Crippen LogP contribution in [0.25, 0.3) is 11.0 Å². The lowest BCUT2D eigenvalue weighted by atomic mass is 10.4. The van der Waals surface area contributed by atoms with E-state index in [1.807, 2.05) is 0 Å². The molecule has 0 fully saturated rings. The molecular formula is C11H4Cl4N6O2. The third-order valence-corrected chi connectivity index (χ3v) is 3.39. The third-order valence-electron chi connectivity index (χ3n) is 2.34. The van der Waals surface area contributed by atoms with Gasteiger partial charge >= 0.3 is 0 Å². The van der Waals surface area contributed by atoms with Gasteiger partial charge in [-0.25, -0.2) is 24.9 Å². The van der Waals surface area contributed by atoms with Crippen LogP contribution in [0.3, 0.4) is 0 Å². The molecule has 12 heteroatoms. The number of halogens is 4. The zero-order valence-corrected chi connectivity index (χ0v) is 13.8. The molecule has 0 amide bonds. The maximum absolute atomic E-state index is 11.1. The molecule has 0 unspecified atom stereocenters. The van der Waals surface area contributed by atoms with Crippen molar-refractivity contribution in [1.82, 2.24) is 29.9 Å². The van der Waals surface area contributed by atoms with Gasteiger partial charge in [0.25, 0.3) is 10.8 Å². The van der Waals surface area contributed by atoms with Crippen LogP contribution in [0.4, 0.5) is 0 Å². The van der Waals surface area contributed by atoms with E-state index in [9.17, 15) is 9.59 Å². The highest BCUT2D eigenvalue weighted by Crippen LogP contribution is 2.21. The van der Waals surface area contributed by atoms with Gasteiger partial charge in [0.15, 0.2) is 5.65 Å². The molecule has 0 saturated heterocycles. The van der Waals surface area contributed by atoms with Gasteiger partial charge in [-0.3, -0.25) is 9.59 Å². The lowest BCUT2D eigenvalue weighted by Gasteiger charge is -1.96. The predicted octanol–water partition coefficient (Wildman–Crippen LogP) is 2.53. The summed E-state index contributed by atoms with van der Waals surface area (Å²) in [6.45, 7) is 0. The van der Waals surface area contributed by atoms with Gasteiger partial charge in [-0.15, -0.1) is 0 Å². The second kappa shape index (κ2) is 7.60. The molecule has 0 aliphatic heterocycles. The molecule has 0 aliphatic rings.